The SMILES string of the molecule is COC1CN(CCC(C)O)CC1OC. The molecule has 1 saturated heterocycles. The third-order valence-corrected chi connectivity index (χ3v) is 2.76. The maximum atomic E-state index is 9.17. The van der Waals surface area contributed by atoms with Crippen molar-refractivity contribution in [2.24, 2.45) is 0 Å². The average molecular weight is 203 g/mol. The van der Waals surface area contributed by atoms with E-state index in [-0.39, 0.29) is 18.3 Å². The molecule has 0 radical (unpaired) electrons. The van der Waals surface area contributed by atoms with Gasteiger partial charge in [-0.05, 0) is 13.3 Å². The Morgan fingerprint density at radius 1 is 1.29 bits per heavy atom. The minimum absolute atomic E-state index is 0.175. The van der Waals surface area contributed by atoms with E-state index in [2.05, 4.69) is 4.90 Å². The Balaban J connectivity index is 2.30. The van der Waals surface area contributed by atoms with Crippen LogP contribution in [-0.4, -0.2) is 62.2 Å². The fraction of sp³-hybridized carbons (Fsp3) is 1.00. The molecule has 0 aromatic heterocycles. The first-order valence-electron chi connectivity index (χ1n) is 5.13. The number of rotatable bonds is 5. The van der Waals surface area contributed by atoms with Gasteiger partial charge in [-0.1, -0.05) is 0 Å². The Morgan fingerprint density at radius 2 is 1.79 bits per heavy atom. The molecule has 0 amide bonds. The van der Waals surface area contributed by atoms with Crippen LogP contribution in [0, 0.1) is 0 Å². The molecule has 0 aromatic carbocycles. The molecule has 84 valence electrons. The van der Waals surface area contributed by atoms with Crippen LogP contribution in [0.1, 0.15) is 13.3 Å². The summed E-state index contributed by atoms with van der Waals surface area (Å²) in [6.07, 6.45) is 0.938. The largest absolute Gasteiger partial charge is 0.393 e. The zero-order valence-electron chi connectivity index (χ0n) is 9.27. The van der Waals surface area contributed by atoms with Gasteiger partial charge < -0.3 is 14.6 Å². The van der Waals surface area contributed by atoms with Gasteiger partial charge in [-0.3, -0.25) is 4.90 Å². The first-order chi connectivity index (χ1) is 6.67. The maximum absolute atomic E-state index is 9.17. The molecule has 1 aliphatic heterocycles. The average Bonchev–Trinajstić information content (AvgIpc) is 2.57. The highest BCUT2D eigenvalue weighted by Crippen LogP contribution is 2.15. The maximum Gasteiger partial charge on any atom is 0.0971 e. The van der Waals surface area contributed by atoms with Crippen molar-refractivity contribution in [3.63, 3.8) is 0 Å². The van der Waals surface area contributed by atoms with Gasteiger partial charge in [0.05, 0.1) is 18.3 Å². The quantitative estimate of drug-likeness (QED) is 0.688. The molecule has 14 heavy (non-hydrogen) atoms. The number of methoxy groups -OCH3 is 2. The minimum atomic E-state index is -0.224. The molecule has 0 bridgehead atoms. The highest BCUT2D eigenvalue weighted by Gasteiger charge is 2.32. The molecule has 4 heteroatoms. The Hall–Kier alpha value is -0.160. The summed E-state index contributed by atoms with van der Waals surface area (Å²) in [5, 5.41) is 9.17. The molecule has 0 aromatic rings. The lowest BCUT2D eigenvalue weighted by molar-refractivity contribution is -0.00461. The minimum Gasteiger partial charge on any atom is -0.393 e. The number of aliphatic hydroxyl groups is 1. The summed E-state index contributed by atoms with van der Waals surface area (Å²) in [4.78, 5) is 2.27. The molecule has 3 unspecified atom stereocenters. The molecular weight excluding hydrogens is 182 g/mol. The van der Waals surface area contributed by atoms with Crippen LogP contribution in [0.5, 0.6) is 0 Å². The molecule has 3 atom stereocenters. The first kappa shape index (κ1) is 11.9. The Kier molecular flexibility index (Phi) is 4.81. The van der Waals surface area contributed by atoms with Crippen LogP contribution < -0.4 is 0 Å². The van der Waals surface area contributed by atoms with E-state index in [1.807, 2.05) is 6.92 Å². The smallest absolute Gasteiger partial charge is 0.0971 e. The van der Waals surface area contributed by atoms with Gasteiger partial charge in [-0.2, -0.15) is 0 Å². The van der Waals surface area contributed by atoms with Crippen molar-refractivity contribution in [3.8, 4) is 0 Å². The highest BCUT2D eigenvalue weighted by molar-refractivity contribution is 4.85. The zero-order valence-corrected chi connectivity index (χ0v) is 9.27. The van der Waals surface area contributed by atoms with Gasteiger partial charge in [-0.15, -0.1) is 0 Å². The molecule has 1 heterocycles. The third kappa shape index (κ3) is 3.20. The monoisotopic (exact) mass is 203 g/mol. The lowest BCUT2D eigenvalue weighted by Gasteiger charge is -2.15. The van der Waals surface area contributed by atoms with Crippen molar-refractivity contribution in [2.45, 2.75) is 31.7 Å². The second-order valence-corrected chi connectivity index (χ2v) is 3.95. The van der Waals surface area contributed by atoms with Crippen molar-refractivity contribution in [1.82, 2.24) is 4.90 Å². The molecule has 0 aliphatic carbocycles. The molecule has 1 N–H and O–H groups in total. The molecule has 4 nitrogen and oxygen atoms in total. The number of hydrogen-bond donors (Lipinski definition) is 1. The molecular formula is C10H21NO3. The number of aliphatic hydroxyl groups excluding tert-OH is 1. The van der Waals surface area contributed by atoms with E-state index in [1.54, 1.807) is 14.2 Å². The van der Waals surface area contributed by atoms with Crippen molar-refractivity contribution >= 4 is 0 Å². The summed E-state index contributed by atoms with van der Waals surface area (Å²) < 4.78 is 10.6. The summed E-state index contributed by atoms with van der Waals surface area (Å²) in [6.45, 7) is 4.54. The predicted octanol–water partition coefficient (Wildman–Crippen LogP) is 0.103. The van der Waals surface area contributed by atoms with Gasteiger partial charge in [0.1, 0.15) is 0 Å². The molecule has 1 rings (SSSR count). The summed E-state index contributed by atoms with van der Waals surface area (Å²) >= 11 is 0. The predicted molar refractivity (Wildman–Crippen MR) is 54.3 cm³/mol. The van der Waals surface area contributed by atoms with Crippen LogP contribution in [0.4, 0.5) is 0 Å². The van der Waals surface area contributed by atoms with Crippen LogP contribution in [0.3, 0.4) is 0 Å². The van der Waals surface area contributed by atoms with E-state index in [0.717, 1.165) is 26.1 Å². The highest BCUT2D eigenvalue weighted by atomic mass is 16.5. The number of hydrogen-bond acceptors (Lipinski definition) is 4. The first-order valence-corrected chi connectivity index (χ1v) is 5.13. The summed E-state index contributed by atoms with van der Waals surface area (Å²) in [6, 6.07) is 0. The molecule has 0 saturated carbocycles. The van der Waals surface area contributed by atoms with E-state index >= 15 is 0 Å². The Morgan fingerprint density at radius 3 is 2.14 bits per heavy atom. The second-order valence-electron chi connectivity index (χ2n) is 3.95. The van der Waals surface area contributed by atoms with E-state index < -0.39 is 0 Å². The van der Waals surface area contributed by atoms with E-state index in [1.165, 1.54) is 0 Å². The molecule has 1 fully saturated rings. The fourth-order valence-corrected chi connectivity index (χ4v) is 1.82. The third-order valence-electron chi connectivity index (χ3n) is 2.76. The molecule has 1 aliphatic rings. The van der Waals surface area contributed by atoms with Crippen LogP contribution in [0.25, 0.3) is 0 Å². The number of ether oxygens (including phenoxy) is 2. The lowest BCUT2D eigenvalue weighted by Crippen LogP contribution is -2.27. The zero-order chi connectivity index (χ0) is 10.6. The summed E-state index contributed by atoms with van der Waals surface area (Å²) in [5.41, 5.74) is 0. The summed E-state index contributed by atoms with van der Waals surface area (Å²) in [5.74, 6) is 0. The number of likely N-dealkylation sites (tertiary alicyclic amines) is 1. The van der Waals surface area contributed by atoms with Gasteiger partial charge >= 0.3 is 0 Å². The van der Waals surface area contributed by atoms with Crippen LogP contribution in [-0.2, 0) is 9.47 Å². The standard InChI is InChI=1S/C10H21NO3/c1-8(12)4-5-11-6-9(13-2)10(7-11)14-3/h8-10,12H,4-7H2,1-3H3. The van der Waals surface area contributed by atoms with Gasteiger partial charge in [-0.25, -0.2) is 0 Å². The fourth-order valence-electron chi connectivity index (χ4n) is 1.82. The van der Waals surface area contributed by atoms with Crippen LogP contribution in [0.15, 0.2) is 0 Å². The van der Waals surface area contributed by atoms with Crippen LogP contribution >= 0.6 is 0 Å². The summed E-state index contributed by atoms with van der Waals surface area (Å²) in [7, 11) is 3.43. The number of nitrogens with zero attached hydrogens (tertiary/aromatic N) is 1. The Bertz CT molecular complexity index is 151. The second kappa shape index (κ2) is 5.66. The van der Waals surface area contributed by atoms with Gasteiger partial charge in [0.2, 0.25) is 0 Å². The van der Waals surface area contributed by atoms with E-state index in [9.17, 15) is 0 Å². The topological polar surface area (TPSA) is 41.9 Å². The van der Waals surface area contributed by atoms with Gasteiger partial charge in [0.15, 0.2) is 0 Å². The molecule has 0 spiro atoms. The van der Waals surface area contributed by atoms with Crippen molar-refractivity contribution in [2.75, 3.05) is 33.9 Å². The normalized spacial score (nSPS) is 30.9. The van der Waals surface area contributed by atoms with Gasteiger partial charge in [0.25, 0.3) is 0 Å². The van der Waals surface area contributed by atoms with E-state index in [4.69, 9.17) is 14.6 Å². The van der Waals surface area contributed by atoms with Crippen molar-refractivity contribution in [3.05, 3.63) is 0 Å². The van der Waals surface area contributed by atoms with Crippen molar-refractivity contribution < 1.29 is 14.6 Å². The van der Waals surface area contributed by atoms with E-state index in [0.29, 0.717) is 0 Å². The van der Waals surface area contributed by atoms with Crippen LogP contribution in [0.2, 0.25) is 0 Å². The van der Waals surface area contributed by atoms with Gasteiger partial charge in [0, 0.05) is 33.9 Å². The lowest BCUT2D eigenvalue weighted by atomic mass is 10.3. The Labute approximate surface area is 85.8 Å². The van der Waals surface area contributed by atoms with Crippen molar-refractivity contribution in [1.29, 1.82) is 0 Å².